The zero-order valence-electron chi connectivity index (χ0n) is 17.9. The van der Waals surface area contributed by atoms with Crippen molar-refractivity contribution in [2.75, 3.05) is 54.5 Å². The number of amides is 1. The number of hydrogen-bond donors (Lipinski definition) is 1. The van der Waals surface area contributed by atoms with E-state index in [1.54, 1.807) is 10.9 Å². The number of anilines is 3. The zero-order valence-corrected chi connectivity index (χ0v) is 17.9. The maximum absolute atomic E-state index is 12.8. The van der Waals surface area contributed by atoms with Gasteiger partial charge in [-0.05, 0) is 55.3 Å². The van der Waals surface area contributed by atoms with Gasteiger partial charge in [0.15, 0.2) is 11.6 Å². The first-order chi connectivity index (χ1) is 15.8. The fourth-order valence-electron chi connectivity index (χ4n) is 4.21. The summed E-state index contributed by atoms with van der Waals surface area (Å²) in [6.45, 7) is 4.89. The zero-order chi connectivity index (χ0) is 21.8. The lowest BCUT2D eigenvalue weighted by molar-refractivity contribution is -0.120. The van der Waals surface area contributed by atoms with Crippen LogP contribution in [0.15, 0.2) is 54.9 Å². The lowest BCUT2D eigenvalue weighted by atomic mass is 9.96. The molecule has 5 rings (SSSR count). The number of nitrogens with zero attached hydrogens (tertiary/aromatic N) is 6. The average Bonchev–Trinajstić information content (AvgIpc) is 3.40. The predicted octanol–water partition coefficient (Wildman–Crippen LogP) is 2.35. The normalized spacial score (nSPS) is 17.4. The van der Waals surface area contributed by atoms with Crippen LogP contribution in [-0.4, -0.2) is 65.3 Å². The van der Waals surface area contributed by atoms with Gasteiger partial charge >= 0.3 is 0 Å². The molecule has 0 radical (unpaired) electrons. The summed E-state index contributed by atoms with van der Waals surface area (Å²) in [5.41, 5.74) is 2.01. The SMILES string of the molecule is O=C(Nc1ccc(N2CCOCC2)cc1)C1CCN(c2ccc(-n3cccn3)nn2)CC1. The van der Waals surface area contributed by atoms with Crippen LogP contribution in [0.4, 0.5) is 17.2 Å². The van der Waals surface area contributed by atoms with Crippen LogP contribution in [0.1, 0.15) is 12.8 Å². The second kappa shape index (κ2) is 9.35. The highest BCUT2D eigenvalue weighted by Gasteiger charge is 2.26. The Morgan fingerprint density at radius 3 is 2.28 bits per heavy atom. The fourth-order valence-corrected chi connectivity index (χ4v) is 4.21. The van der Waals surface area contributed by atoms with E-state index >= 15 is 0 Å². The molecule has 9 nitrogen and oxygen atoms in total. The number of piperidine rings is 1. The summed E-state index contributed by atoms with van der Waals surface area (Å²) in [5.74, 6) is 1.61. The van der Waals surface area contributed by atoms with Gasteiger partial charge in [0.1, 0.15) is 0 Å². The monoisotopic (exact) mass is 433 g/mol. The van der Waals surface area contributed by atoms with Crippen molar-refractivity contribution in [3.05, 3.63) is 54.9 Å². The average molecular weight is 434 g/mol. The number of morpholine rings is 1. The van der Waals surface area contributed by atoms with Crippen molar-refractivity contribution < 1.29 is 9.53 Å². The van der Waals surface area contributed by atoms with Crippen LogP contribution in [0.5, 0.6) is 0 Å². The minimum Gasteiger partial charge on any atom is -0.378 e. The summed E-state index contributed by atoms with van der Waals surface area (Å²) in [6.07, 6.45) is 5.13. The molecule has 0 spiro atoms. The van der Waals surface area contributed by atoms with Crippen molar-refractivity contribution in [1.29, 1.82) is 0 Å². The minimum absolute atomic E-state index is 0.00137. The van der Waals surface area contributed by atoms with Crippen molar-refractivity contribution in [1.82, 2.24) is 20.0 Å². The largest absolute Gasteiger partial charge is 0.378 e. The van der Waals surface area contributed by atoms with Crippen LogP contribution in [0, 0.1) is 5.92 Å². The molecule has 0 aliphatic carbocycles. The Kier molecular flexibility index (Phi) is 5.98. The third-order valence-electron chi connectivity index (χ3n) is 6.08. The molecule has 2 aliphatic rings. The number of nitrogens with one attached hydrogen (secondary N) is 1. The van der Waals surface area contributed by atoms with Crippen LogP contribution >= 0.6 is 0 Å². The Bertz CT molecular complexity index is 1010. The maximum atomic E-state index is 12.8. The lowest BCUT2D eigenvalue weighted by Crippen LogP contribution is -2.38. The molecule has 3 aromatic rings. The molecule has 1 aromatic carbocycles. The number of benzene rings is 1. The number of carbonyl (C=O) groups is 1. The van der Waals surface area contributed by atoms with Crippen molar-refractivity contribution in [2.45, 2.75) is 12.8 Å². The van der Waals surface area contributed by atoms with Crippen LogP contribution in [-0.2, 0) is 9.53 Å². The van der Waals surface area contributed by atoms with Gasteiger partial charge < -0.3 is 19.9 Å². The molecule has 4 heterocycles. The standard InChI is InChI=1S/C23H27N7O2/c31-23(25-19-2-4-20(5-3-19)28-14-16-32-17-15-28)18-8-12-29(13-9-18)21-6-7-22(27-26-21)30-11-1-10-24-30/h1-7,10-11,18H,8-9,12-17H2,(H,25,31). The molecule has 2 aromatic heterocycles. The van der Waals surface area contributed by atoms with Gasteiger partial charge in [0.05, 0.1) is 13.2 Å². The molecular weight excluding hydrogens is 406 g/mol. The van der Waals surface area contributed by atoms with E-state index in [2.05, 4.69) is 42.5 Å². The van der Waals surface area contributed by atoms with Gasteiger partial charge in [0.25, 0.3) is 0 Å². The van der Waals surface area contributed by atoms with Gasteiger partial charge in [0.2, 0.25) is 5.91 Å². The quantitative estimate of drug-likeness (QED) is 0.661. The van der Waals surface area contributed by atoms with Crippen molar-refractivity contribution in [3.63, 3.8) is 0 Å². The fraction of sp³-hybridized carbons (Fsp3) is 0.391. The molecule has 0 bridgehead atoms. The van der Waals surface area contributed by atoms with E-state index in [0.29, 0.717) is 5.82 Å². The van der Waals surface area contributed by atoms with E-state index < -0.39 is 0 Å². The first-order valence-corrected chi connectivity index (χ1v) is 11.1. The van der Waals surface area contributed by atoms with Crippen LogP contribution in [0.2, 0.25) is 0 Å². The molecule has 166 valence electrons. The summed E-state index contributed by atoms with van der Waals surface area (Å²) in [6, 6.07) is 13.8. The van der Waals surface area contributed by atoms with Crippen molar-refractivity contribution in [2.24, 2.45) is 5.92 Å². The van der Waals surface area contributed by atoms with E-state index in [1.807, 2.05) is 36.5 Å². The molecule has 0 unspecified atom stereocenters. The van der Waals surface area contributed by atoms with Crippen LogP contribution in [0.25, 0.3) is 5.82 Å². The van der Waals surface area contributed by atoms with Crippen molar-refractivity contribution in [3.8, 4) is 5.82 Å². The van der Waals surface area contributed by atoms with E-state index in [-0.39, 0.29) is 11.8 Å². The van der Waals surface area contributed by atoms with Gasteiger partial charge in [-0.15, -0.1) is 10.2 Å². The Balaban J connectivity index is 1.13. The molecule has 1 amide bonds. The molecule has 1 N–H and O–H groups in total. The Morgan fingerprint density at radius 1 is 0.906 bits per heavy atom. The Labute approximate surface area is 187 Å². The number of carbonyl (C=O) groups excluding carboxylic acids is 1. The smallest absolute Gasteiger partial charge is 0.227 e. The number of rotatable bonds is 5. The maximum Gasteiger partial charge on any atom is 0.227 e. The summed E-state index contributed by atoms with van der Waals surface area (Å²) in [5, 5.41) is 15.9. The van der Waals surface area contributed by atoms with Gasteiger partial charge in [-0.1, -0.05) is 0 Å². The van der Waals surface area contributed by atoms with Gasteiger partial charge in [-0.3, -0.25) is 4.79 Å². The molecule has 2 aliphatic heterocycles. The van der Waals surface area contributed by atoms with Crippen molar-refractivity contribution >= 4 is 23.1 Å². The highest BCUT2D eigenvalue weighted by molar-refractivity contribution is 5.92. The number of hydrogen-bond acceptors (Lipinski definition) is 7. The molecule has 32 heavy (non-hydrogen) atoms. The van der Waals surface area contributed by atoms with E-state index in [1.165, 1.54) is 5.69 Å². The third-order valence-corrected chi connectivity index (χ3v) is 6.08. The molecule has 9 heteroatoms. The van der Waals surface area contributed by atoms with E-state index in [9.17, 15) is 4.79 Å². The first-order valence-electron chi connectivity index (χ1n) is 11.1. The Morgan fingerprint density at radius 2 is 1.62 bits per heavy atom. The molecule has 2 saturated heterocycles. The second-order valence-corrected chi connectivity index (χ2v) is 8.10. The van der Waals surface area contributed by atoms with E-state index in [4.69, 9.17) is 4.74 Å². The van der Waals surface area contributed by atoms with Gasteiger partial charge in [-0.2, -0.15) is 5.10 Å². The third kappa shape index (κ3) is 4.57. The highest BCUT2D eigenvalue weighted by atomic mass is 16.5. The van der Waals surface area contributed by atoms with Gasteiger partial charge in [0, 0.05) is 55.9 Å². The Hall–Kier alpha value is -3.46. The van der Waals surface area contributed by atoms with Crippen LogP contribution in [0.3, 0.4) is 0 Å². The topological polar surface area (TPSA) is 88.4 Å². The van der Waals surface area contributed by atoms with E-state index in [0.717, 1.165) is 63.7 Å². The molecule has 0 atom stereocenters. The second-order valence-electron chi connectivity index (χ2n) is 8.10. The highest BCUT2D eigenvalue weighted by Crippen LogP contribution is 2.24. The molecule has 2 fully saturated rings. The summed E-state index contributed by atoms with van der Waals surface area (Å²) >= 11 is 0. The van der Waals surface area contributed by atoms with Crippen LogP contribution < -0.4 is 15.1 Å². The lowest BCUT2D eigenvalue weighted by Gasteiger charge is -2.32. The predicted molar refractivity (Wildman–Crippen MR) is 122 cm³/mol. The minimum atomic E-state index is 0.00137. The summed E-state index contributed by atoms with van der Waals surface area (Å²) < 4.78 is 7.09. The molecule has 0 saturated carbocycles. The summed E-state index contributed by atoms with van der Waals surface area (Å²) in [4.78, 5) is 17.3. The summed E-state index contributed by atoms with van der Waals surface area (Å²) in [7, 11) is 0. The number of aromatic nitrogens is 4. The first kappa shape index (κ1) is 20.4. The van der Waals surface area contributed by atoms with Gasteiger partial charge in [-0.25, -0.2) is 4.68 Å². The number of ether oxygens (including phenoxy) is 1. The molecular formula is C23H27N7O2.